The first-order valence-electron chi connectivity index (χ1n) is 7.61. The molecule has 3 amide bonds. The highest BCUT2D eigenvalue weighted by Gasteiger charge is 2.44. The largest absolute Gasteiger partial charge is 0.450 e. The molecule has 0 unspecified atom stereocenters. The van der Waals surface area contributed by atoms with Crippen molar-refractivity contribution >= 4 is 17.9 Å². The number of imide groups is 1. The summed E-state index contributed by atoms with van der Waals surface area (Å²) in [7, 11) is 0. The third kappa shape index (κ3) is 2.57. The van der Waals surface area contributed by atoms with E-state index >= 15 is 0 Å². The van der Waals surface area contributed by atoms with Gasteiger partial charge in [0, 0.05) is 6.54 Å². The van der Waals surface area contributed by atoms with Gasteiger partial charge in [0.15, 0.2) is 0 Å². The molecule has 0 saturated carbocycles. The molecule has 3 rings (SSSR count). The predicted octanol–water partition coefficient (Wildman–Crippen LogP) is 0.874. The van der Waals surface area contributed by atoms with Gasteiger partial charge in [-0.2, -0.15) is 0 Å². The van der Waals surface area contributed by atoms with Gasteiger partial charge in [-0.05, 0) is 25.5 Å². The van der Waals surface area contributed by atoms with Gasteiger partial charge in [0.25, 0.3) is 11.8 Å². The summed E-state index contributed by atoms with van der Waals surface area (Å²) >= 11 is 0. The Morgan fingerprint density at radius 2 is 1.87 bits per heavy atom. The van der Waals surface area contributed by atoms with Gasteiger partial charge in [0.05, 0.1) is 36.4 Å². The number of likely N-dealkylation sites (tertiary alicyclic amines) is 1. The second-order valence-electron chi connectivity index (χ2n) is 5.59. The van der Waals surface area contributed by atoms with E-state index < -0.39 is 18.2 Å². The smallest absolute Gasteiger partial charge is 0.409 e. The number of ether oxygens (including phenoxy) is 1. The molecule has 122 valence electrons. The molecule has 2 heterocycles. The van der Waals surface area contributed by atoms with Crippen molar-refractivity contribution in [1.82, 2.24) is 9.80 Å². The fourth-order valence-corrected chi connectivity index (χ4v) is 3.11. The Morgan fingerprint density at radius 3 is 2.39 bits per heavy atom. The molecule has 23 heavy (non-hydrogen) atoms. The second kappa shape index (κ2) is 6.00. The summed E-state index contributed by atoms with van der Waals surface area (Å²) in [6.07, 6.45) is -1.16. The Balaban J connectivity index is 1.76. The van der Waals surface area contributed by atoms with Crippen LogP contribution in [0.4, 0.5) is 4.79 Å². The second-order valence-corrected chi connectivity index (χ2v) is 5.59. The molecule has 0 aromatic heterocycles. The number of aliphatic hydroxyl groups excluding tert-OH is 1. The van der Waals surface area contributed by atoms with E-state index in [1.165, 1.54) is 4.90 Å². The number of benzene rings is 1. The van der Waals surface area contributed by atoms with Crippen LogP contribution in [0.5, 0.6) is 0 Å². The SMILES string of the molecule is CCOC(=O)N1CC[C@H](N2C(=O)c3ccccc3C2=O)[C@@H](O)C1. The highest BCUT2D eigenvalue weighted by Crippen LogP contribution is 2.28. The molecule has 1 N–H and O–H groups in total. The van der Waals surface area contributed by atoms with E-state index in [1.807, 2.05) is 0 Å². The van der Waals surface area contributed by atoms with Crippen molar-refractivity contribution in [3.63, 3.8) is 0 Å². The molecule has 0 spiro atoms. The van der Waals surface area contributed by atoms with Gasteiger partial charge in [0.2, 0.25) is 0 Å². The zero-order valence-corrected chi connectivity index (χ0v) is 12.8. The first kappa shape index (κ1) is 15.5. The van der Waals surface area contributed by atoms with Gasteiger partial charge in [-0.3, -0.25) is 14.5 Å². The maximum absolute atomic E-state index is 12.5. The molecule has 2 aliphatic rings. The zero-order chi connectivity index (χ0) is 16.6. The number of hydrogen-bond donors (Lipinski definition) is 1. The molecule has 7 heteroatoms. The fraction of sp³-hybridized carbons (Fsp3) is 0.438. The van der Waals surface area contributed by atoms with Crippen LogP contribution in [0, 0.1) is 0 Å². The number of hydrogen-bond acceptors (Lipinski definition) is 5. The quantitative estimate of drug-likeness (QED) is 0.818. The van der Waals surface area contributed by atoms with Gasteiger partial charge in [-0.1, -0.05) is 12.1 Å². The third-order valence-corrected chi connectivity index (χ3v) is 4.23. The van der Waals surface area contributed by atoms with Crippen LogP contribution in [0.2, 0.25) is 0 Å². The Kier molecular flexibility index (Phi) is 4.04. The summed E-state index contributed by atoms with van der Waals surface area (Å²) in [5, 5.41) is 10.3. The molecule has 2 atom stereocenters. The summed E-state index contributed by atoms with van der Waals surface area (Å²) < 4.78 is 4.91. The average molecular weight is 318 g/mol. The molecule has 1 fully saturated rings. The van der Waals surface area contributed by atoms with Crippen molar-refractivity contribution < 1.29 is 24.2 Å². The minimum Gasteiger partial charge on any atom is -0.450 e. The van der Waals surface area contributed by atoms with E-state index in [0.29, 0.717) is 24.1 Å². The number of aliphatic hydroxyl groups is 1. The lowest BCUT2D eigenvalue weighted by Crippen LogP contribution is -2.56. The van der Waals surface area contributed by atoms with E-state index in [1.54, 1.807) is 31.2 Å². The van der Waals surface area contributed by atoms with Crippen molar-refractivity contribution in [1.29, 1.82) is 0 Å². The third-order valence-electron chi connectivity index (χ3n) is 4.23. The number of β-amino-alcohol motifs (C(OH)–C–C–N with tert-alkyl or cyclic N) is 1. The predicted molar refractivity (Wildman–Crippen MR) is 79.9 cm³/mol. The number of carbonyl (C=O) groups is 3. The van der Waals surface area contributed by atoms with E-state index in [-0.39, 0.29) is 25.0 Å². The van der Waals surface area contributed by atoms with Gasteiger partial charge < -0.3 is 14.7 Å². The Bertz CT molecular complexity index is 625. The summed E-state index contributed by atoms with van der Waals surface area (Å²) in [6.45, 7) is 2.33. The van der Waals surface area contributed by atoms with E-state index in [4.69, 9.17) is 4.74 Å². The first-order valence-corrected chi connectivity index (χ1v) is 7.61. The molecule has 1 aromatic rings. The van der Waals surface area contributed by atoms with E-state index in [2.05, 4.69) is 0 Å². The molecule has 2 aliphatic heterocycles. The minimum atomic E-state index is -0.990. The summed E-state index contributed by atoms with van der Waals surface area (Å²) in [6, 6.07) is 5.99. The van der Waals surface area contributed by atoms with Crippen molar-refractivity contribution in [3.8, 4) is 0 Å². The van der Waals surface area contributed by atoms with E-state index in [0.717, 1.165) is 4.90 Å². The number of carbonyl (C=O) groups excluding carboxylic acids is 3. The topological polar surface area (TPSA) is 87.2 Å². The molecule has 1 saturated heterocycles. The number of rotatable bonds is 2. The maximum Gasteiger partial charge on any atom is 0.409 e. The van der Waals surface area contributed by atoms with Crippen molar-refractivity contribution in [2.24, 2.45) is 0 Å². The lowest BCUT2D eigenvalue weighted by Gasteiger charge is -2.38. The van der Waals surface area contributed by atoms with Crippen LogP contribution in [0.1, 0.15) is 34.1 Å². The summed E-state index contributed by atoms with van der Waals surface area (Å²) in [4.78, 5) is 39.2. The van der Waals surface area contributed by atoms with Gasteiger partial charge in [-0.25, -0.2) is 4.79 Å². The fourth-order valence-electron chi connectivity index (χ4n) is 3.11. The average Bonchev–Trinajstić information content (AvgIpc) is 2.80. The highest BCUT2D eigenvalue weighted by molar-refractivity contribution is 6.21. The maximum atomic E-state index is 12.5. The Hall–Kier alpha value is -2.41. The molecule has 0 bridgehead atoms. The van der Waals surface area contributed by atoms with Crippen LogP contribution in [0.3, 0.4) is 0 Å². The molecule has 7 nitrogen and oxygen atoms in total. The Labute approximate surface area is 133 Å². The van der Waals surface area contributed by atoms with E-state index in [9.17, 15) is 19.5 Å². The van der Waals surface area contributed by atoms with Gasteiger partial charge >= 0.3 is 6.09 Å². The van der Waals surface area contributed by atoms with Crippen molar-refractivity contribution in [2.45, 2.75) is 25.5 Å². The number of amides is 3. The molecule has 0 radical (unpaired) electrons. The van der Waals surface area contributed by atoms with Crippen LogP contribution in [-0.4, -0.2) is 64.7 Å². The molecular weight excluding hydrogens is 300 g/mol. The number of piperidine rings is 1. The first-order chi connectivity index (χ1) is 11.0. The van der Waals surface area contributed by atoms with Crippen LogP contribution < -0.4 is 0 Å². The standard InChI is InChI=1S/C16H18N2O5/c1-2-23-16(22)17-8-7-12(13(19)9-17)18-14(20)10-5-3-4-6-11(10)15(18)21/h3-6,12-13,19H,2,7-9H2,1H3/t12-,13-/m0/s1. The Morgan fingerprint density at radius 1 is 1.26 bits per heavy atom. The summed E-state index contributed by atoms with van der Waals surface area (Å²) in [5.74, 6) is -0.779. The lowest BCUT2D eigenvalue weighted by molar-refractivity contribution is -0.00286. The van der Waals surface area contributed by atoms with Crippen molar-refractivity contribution in [3.05, 3.63) is 35.4 Å². The number of fused-ring (bicyclic) bond motifs is 1. The normalized spacial score (nSPS) is 23.9. The van der Waals surface area contributed by atoms with Crippen LogP contribution >= 0.6 is 0 Å². The van der Waals surface area contributed by atoms with Crippen LogP contribution in [0.15, 0.2) is 24.3 Å². The van der Waals surface area contributed by atoms with Crippen LogP contribution in [-0.2, 0) is 4.74 Å². The number of nitrogens with zero attached hydrogens (tertiary/aromatic N) is 2. The van der Waals surface area contributed by atoms with Crippen LogP contribution in [0.25, 0.3) is 0 Å². The molecular formula is C16H18N2O5. The lowest BCUT2D eigenvalue weighted by atomic mass is 10.0. The van der Waals surface area contributed by atoms with Gasteiger partial charge in [0.1, 0.15) is 0 Å². The van der Waals surface area contributed by atoms with Crippen molar-refractivity contribution in [2.75, 3.05) is 19.7 Å². The van der Waals surface area contributed by atoms with Gasteiger partial charge in [-0.15, -0.1) is 0 Å². The monoisotopic (exact) mass is 318 g/mol. The highest BCUT2D eigenvalue weighted by atomic mass is 16.6. The zero-order valence-electron chi connectivity index (χ0n) is 12.8. The molecule has 1 aromatic carbocycles. The minimum absolute atomic E-state index is 0.0386. The summed E-state index contributed by atoms with van der Waals surface area (Å²) in [5.41, 5.74) is 0.718. The molecule has 0 aliphatic carbocycles.